The van der Waals surface area contributed by atoms with Crippen molar-refractivity contribution in [2.24, 2.45) is 0 Å². The molecule has 0 bridgehead atoms. The summed E-state index contributed by atoms with van der Waals surface area (Å²) in [5.41, 5.74) is 2.67. The van der Waals surface area contributed by atoms with Gasteiger partial charge in [0, 0.05) is 17.5 Å². The summed E-state index contributed by atoms with van der Waals surface area (Å²) in [4.78, 5) is 16.6. The minimum Gasteiger partial charge on any atom is -0.391 e. The number of carbonyl (C=O) groups excluding carboxylic acids is 1. The molecule has 0 unspecified atom stereocenters. The SMILES string of the molecule is Cc1c(Cl)ccc2c1ncn2CC(=O)C[C@H]1NCCC[C@@H]1O. The van der Waals surface area contributed by atoms with Crippen molar-refractivity contribution in [1.82, 2.24) is 14.9 Å². The highest BCUT2D eigenvalue weighted by atomic mass is 35.5. The number of nitrogens with zero attached hydrogens (tertiary/aromatic N) is 2. The van der Waals surface area contributed by atoms with E-state index in [0.717, 1.165) is 36.0 Å². The molecule has 1 saturated heterocycles. The van der Waals surface area contributed by atoms with E-state index in [4.69, 9.17) is 11.6 Å². The summed E-state index contributed by atoms with van der Waals surface area (Å²) in [6.45, 7) is 3.05. The van der Waals surface area contributed by atoms with E-state index in [0.29, 0.717) is 11.4 Å². The van der Waals surface area contributed by atoms with Crippen LogP contribution in [0.2, 0.25) is 5.02 Å². The zero-order valence-electron chi connectivity index (χ0n) is 12.6. The molecule has 0 radical (unpaired) electrons. The molecular weight excluding hydrogens is 302 g/mol. The van der Waals surface area contributed by atoms with Crippen molar-refractivity contribution in [3.05, 3.63) is 29.0 Å². The molecular formula is C16H20ClN3O2. The van der Waals surface area contributed by atoms with Crippen LogP contribution < -0.4 is 5.32 Å². The van der Waals surface area contributed by atoms with E-state index >= 15 is 0 Å². The van der Waals surface area contributed by atoms with Crippen LogP contribution in [0, 0.1) is 6.92 Å². The Hall–Kier alpha value is -1.43. The van der Waals surface area contributed by atoms with Gasteiger partial charge in [-0.1, -0.05) is 11.6 Å². The van der Waals surface area contributed by atoms with Crippen molar-refractivity contribution in [1.29, 1.82) is 0 Å². The van der Waals surface area contributed by atoms with E-state index in [9.17, 15) is 9.90 Å². The number of rotatable bonds is 4. The van der Waals surface area contributed by atoms with Gasteiger partial charge in [0.1, 0.15) is 0 Å². The molecule has 22 heavy (non-hydrogen) atoms. The van der Waals surface area contributed by atoms with E-state index in [1.54, 1.807) is 6.33 Å². The summed E-state index contributed by atoms with van der Waals surface area (Å²) in [5.74, 6) is 0.0883. The number of hydrogen-bond acceptors (Lipinski definition) is 4. The predicted octanol–water partition coefficient (Wildman–Crippen LogP) is 2.07. The molecule has 1 aliphatic heterocycles. The van der Waals surface area contributed by atoms with Crippen molar-refractivity contribution in [2.45, 2.75) is 44.9 Å². The largest absolute Gasteiger partial charge is 0.391 e. The van der Waals surface area contributed by atoms with E-state index < -0.39 is 6.10 Å². The number of piperidine rings is 1. The molecule has 0 amide bonds. The minimum absolute atomic E-state index is 0.0883. The zero-order valence-corrected chi connectivity index (χ0v) is 13.3. The number of benzene rings is 1. The lowest BCUT2D eigenvalue weighted by Crippen LogP contribution is -2.46. The van der Waals surface area contributed by atoms with Crippen LogP contribution in [0.1, 0.15) is 24.8 Å². The van der Waals surface area contributed by atoms with Gasteiger partial charge >= 0.3 is 0 Å². The van der Waals surface area contributed by atoms with Crippen molar-refractivity contribution in [3.63, 3.8) is 0 Å². The lowest BCUT2D eigenvalue weighted by Gasteiger charge is -2.28. The minimum atomic E-state index is -0.432. The van der Waals surface area contributed by atoms with Crippen LogP contribution in [0.3, 0.4) is 0 Å². The Labute approximate surface area is 134 Å². The molecule has 5 nitrogen and oxygen atoms in total. The fourth-order valence-electron chi connectivity index (χ4n) is 3.02. The molecule has 0 spiro atoms. The van der Waals surface area contributed by atoms with Crippen LogP contribution in [-0.4, -0.2) is 39.1 Å². The number of carbonyl (C=O) groups is 1. The van der Waals surface area contributed by atoms with Gasteiger partial charge in [0.05, 0.1) is 30.0 Å². The lowest BCUT2D eigenvalue weighted by atomic mass is 9.97. The molecule has 2 N–H and O–H groups in total. The van der Waals surface area contributed by atoms with Crippen molar-refractivity contribution in [2.75, 3.05) is 6.54 Å². The number of aromatic nitrogens is 2. The maximum absolute atomic E-state index is 12.3. The Morgan fingerprint density at radius 3 is 3.14 bits per heavy atom. The van der Waals surface area contributed by atoms with Gasteiger partial charge < -0.3 is 15.0 Å². The number of aliphatic hydroxyl groups is 1. The molecule has 0 saturated carbocycles. The number of fused-ring (bicyclic) bond motifs is 1. The molecule has 2 aromatic rings. The second-order valence-electron chi connectivity index (χ2n) is 5.93. The average molecular weight is 322 g/mol. The number of hydrogen-bond donors (Lipinski definition) is 2. The fourth-order valence-corrected chi connectivity index (χ4v) is 3.17. The molecule has 1 aliphatic rings. The van der Waals surface area contributed by atoms with Crippen LogP contribution in [0.5, 0.6) is 0 Å². The second kappa shape index (κ2) is 6.36. The molecule has 3 rings (SSSR count). The monoisotopic (exact) mass is 321 g/mol. The summed E-state index contributed by atoms with van der Waals surface area (Å²) in [7, 11) is 0. The smallest absolute Gasteiger partial charge is 0.154 e. The van der Waals surface area contributed by atoms with Gasteiger partial charge in [-0.15, -0.1) is 0 Å². The van der Waals surface area contributed by atoms with Gasteiger partial charge in [0.25, 0.3) is 0 Å². The Balaban J connectivity index is 1.73. The topological polar surface area (TPSA) is 67.2 Å². The second-order valence-corrected chi connectivity index (χ2v) is 6.33. The van der Waals surface area contributed by atoms with Crippen LogP contribution in [0.4, 0.5) is 0 Å². The summed E-state index contributed by atoms with van der Waals surface area (Å²) in [5, 5.41) is 13.8. The Morgan fingerprint density at radius 1 is 1.55 bits per heavy atom. The number of Topliss-reactive ketones (excluding diaryl/α,β-unsaturated/α-hetero) is 1. The first-order chi connectivity index (χ1) is 10.6. The number of aliphatic hydroxyl groups excluding tert-OH is 1. The summed E-state index contributed by atoms with van der Waals surface area (Å²) >= 11 is 6.10. The normalized spacial score (nSPS) is 22.1. The van der Waals surface area contributed by atoms with Crippen molar-refractivity contribution >= 4 is 28.4 Å². The van der Waals surface area contributed by atoms with Gasteiger partial charge in [-0.3, -0.25) is 4.79 Å². The third kappa shape index (κ3) is 3.02. The van der Waals surface area contributed by atoms with Gasteiger partial charge in [0.2, 0.25) is 0 Å². The first-order valence-corrected chi connectivity index (χ1v) is 7.97. The van der Waals surface area contributed by atoms with Gasteiger partial charge in [-0.25, -0.2) is 4.98 Å². The summed E-state index contributed by atoms with van der Waals surface area (Å²) < 4.78 is 1.84. The highest BCUT2D eigenvalue weighted by Gasteiger charge is 2.25. The van der Waals surface area contributed by atoms with Crippen molar-refractivity contribution in [3.8, 4) is 0 Å². The van der Waals surface area contributed by atoms with Gasteiger partial charge in [0.15, 0.2) is 5.78 Å². The first-order valence-electron chi connectivity index (χ1n) is 7.59. The van der Waals surface area contributed by atoms with Gasteiger partial charge in [-0.05, 0) is 44.0 Å². The molecule has 2 atom stereocenters. The summed E-state index contributed by atoms with van der Waals surface area (Å²) in [6, 6.07) is 3.58. The third-order valence-electron chi connectivity index (χ3n) is 4.32. The number of nitrogens with one attached hydrogen (secondary N) is 1. The maximum Gasteiger partial charge on any atom is 0.154 e. The Bertz CT molecular complexity index is 698. The van der Waals surface area contributed by atoms with Crippen LogP contribution >= 0.6 is 11.6 Å². The Morgan fingerprint density at radius 2 is 2.36 bits per heavy atom. The van der Waals surface area contributed by atoms with E-state index in [1.165, 1.54) is 0 Å². The Kier molecular flexibility index (Phi) is 4.47. The molecule has 0 aliphatic carbocycles. The van der Waals surface area contributed by atoms with E-state index in [-0.39, 0.29) is 18.4 Å². The lowest BCUT2D eigenvalue weighted by molar-refractivity contribution is -0.121. The molecule has 2 heterocycles. The number of imidazole rings is 1. The highest BCUT2D eigenvalue weighted by Crippen LogP contribution is 2.24. The summed E-state index contributed by atoms with van der Waals surface area (Å²) in [6.07, 6.45) is 3.30. The molecule has 118 valence electrons. The fraction of sp³-hybridized carbons (Fsp3) is 0.500. The van der Waals surface area contributed by atoms with Crippen LogP contribution in [0.15, 0.2) is 18.5 Å². The van der Waals surface area contributed by atoms with E-state index in [1.807, 2.05) is 23.6 Å². The predicted molar refractivity (Wildman–Crippen MR) is 86.1 cm³/mol. The number of aryl methyl sites for hydroxylation is 1. The van der Waals surface area contributed by atoms with Crippen LogP contribution in [0.25, 0.3) is 11.0 Å². The third-order valence-corrected chi connectivity index (χ3v) is 4.73. The maximum atomic E-state index is 12.3. The van der Waals surface area contributed by atoms with Gasteiger partial charge in [-0.2, -0.15) is 0 Å². The first kappa shape index (κ1) is 15.5. The van der Waals surface area contributed by atoms with Crippen LogP contribution in [-0.2, 0) is 11.3 Å². The molecule has 1 aromatic heterocycles. The zero-order chi connectivity index (χ0) is 15.7. The number of ketones is 1. The average Bonchev–Trinajstić information content (AvgIpc) is 2.89. The molecule has 1 aromatic carbocycles. The van der Waals surface area contributed by atoms with E-state index in [2.05, 4.69) is 10.3 Å². The standard InChI is InChI=1S/C16H20ClN3O2/c1-10-12(17)4-5-14-16(10)19-9-20(14)8-11(21)7-13-15(22)3-2-6-18-13/h4-5,9,13,15,18,22H,2-3,6-8H2,1H3/t13-,15+/m1/s1. The quantitative estimate of drug-likeness (QED) is 0.904. The molecule has 6 heteroatoms. The highest BCUT2D eigenvalue weighted by molar-refractivity contribution is 6.32. The number of halogens is 1. The molecule has 1 fully saturated rings. The van der Waals surface area contributed by atoms with Crippen molar-refractivity contribution < 1.29 is 9.90 Å².